The van der Waals surface area contributed by atoms with E-state index in [9.17, 15) is 13.2 Å². The maximum absolute atomic E-state index is 12.4. The summed E-state index contributed by atoms with van der Waals surface area (Å²) < 4.78 is 26.1. The van der Waals surface area contributed by atoms with E-state index in [4.69, 9.17) is 0 Å². The molecule has 0 unspecified atom stereocenters. The Bertz CT molecular complexity index is 1260. The number of hydrazone groups is 1. The van der Waals surface area contributed by atoms with E-state index in [0.717, 1.165) is 34.4 Å². The largest absolute Gasteiger partial charge is 0.271 e. The minimum atomic E-state index is -3.65. The average molecular weight is 486 g/mol. The number of anilines is 1. The van der Waals surface area contributed by atoms with Gasteiger partial charge in [0.1, 0.15) is 6.54 Å². The third-order valence-electron chi connectivity index (χ3n) is 5.11. The summed E-state index contributed by atoms with van der Waals surface area (Å²) in [7, 11) is -3.65. The Hall–Kier alpha value is -2.71. The number of aryl methyl sites for hydroxylation is 2. The Balaban J connectivity index is 1.52. The first-order valence-electron chi connectivity index (χ1n) is 9.42. The first kappa shape index (κ1) is 20.6. The standard InChI is InChI=1S/C22H20BrN3O3S/c1-30(28,29)26(20-8-3-2-7-19(20)23)14-21(27)25-24-13-17-12-11-16-10-9-15-5-4-6-18(17)22(15)16/h2-8,11-13H,9-10,14H2,1H3,(H,25,27). The van der Waals surface area contributed by atoms with E-state index < -0.39 is 15.9 Å². The van der Waals surface area contributed by atoms with Gasteiger partial charge in [0.05, 0.1) is 18.2 Å². The molecule has 0 saturated heterocycles. The Kier molecular flexibility index (Phi) is 5.62. The molecule has 1 N–H and O–H groups in total. The summed E-state index contributed by atoms with van der Waals surface area (Å²) in [4.78, 5) is 12.4. The van der Waals surface area contributed by atoms with Crippen molar-refractivity contribution in [3.63, 3.8) is 0 Å². The van der Waals surface area contributed by atoms with E-state index in [2.05, 4.69) is 44.7 Å². The molecular weight excluding hydrogens is 466 g/mol. The van der Waals surface area contributed by atoms with Crippen LogP contribution in [0.15, 0.2) is 64.2 Å². The second kappa shape index (κ2) is 8.20. The van der Waals surface area contributed by atoms with Gasteiger partial charge in [-0.15, -0.1) is 0 Å². The molecule has 3 aromatic carbocycles. The van der Waals surface area contributed by atoms with Crippen LogP contribution in [0.1, 0.15) is 16.7 Å². The zero-order valence-corrected chi connectivity index (χ0v) is 18.7. The number of nitrogens with one attached hydrogen (secondary N) is 1. The molecule has 0 radical (unpaired) electrons. The number of para-hydroxylation sites is 1. The molecule has 3 aromatic rings. The smallest absolute Gasteiger partial charge is 0.260 e. The first-order valence-corrected chi connectivity index (χ1v) is 12.1. The second-order valence-electron chi connectivity index (χ2n) is 7.17. The number of halogens is 1. The van der Waals surface area contributed by atoms with Crippen molar-refractivity contribution in [3.8, 4) is 0 Å². The van der Waals surface area contributed by atoms with Crippen molar-refractivity contribution in [2.75, 3.05) is 17.1 Å². The molecule has 0 aliphatic heterocycles. The molecule has 1 aliphatic rings. The molecule has 1 amide bonds. The Morgan fingerprint density at radius 1 is 1.10 bits per heavy atom. The van der Waals surface area contributed by atoms with E-state index in [1.807, 2.05) is 12.1 Å². The highest BCUT2D eigenvalue weighted by molar-refractivity contribution is 9.10. The fourth-order valence-corrected chi connectivity index (χ4v) is 5.24. The summed E-state index contributed by atoms with van der Waals surface area (Å²) >= 11 is 3.33. The topological polar surface area (TPSA) is 78.8 Å². The van der Waals surface area contributed by atoms with E-state index in [1.165, 1.54) is 16.5 Å². The summed E-state index contributed by atoms with van der Waals surface area (Å²) in [5.74, 6) is -0.529. The third kappa shape index (κ3) is 4.11. The predicted molar refractivity (Wildman–Crippen MR) is 123 cm³/mol. The highest BCUT2D eigenvalue weighted by Crippen LogP contribution is 2.32. The molecule has 0 atom stereocenters. The fourth-order valence-electron chi connectivity index (χ4n) is 3.76. The van der Waals surface area contributed by atoms with Crippen molar-refractivity contribution in [2.24, 2.45) is 5.10 Å². The van der Waals surface area contributed by atoms with Crippen molar-refractivity contribution in [1.29, 1.82) is 0 Å². The average Bonchev–Trinajstić information content (AvgIpc) is 3.13. The molecule has 0 fully saturated rings. The number of nitrogens with zero attached hydrogens (tertiary/aromatic N) is 2. The van der Waals surface area contributed by atoms with Gasteiger partial charge in [-0.3, -0.25) is 9.10 Å². The number of carbonyl (C=O) groups is 1. The molecule has 8 heteroatoms. The monoisotopic (exact) mass is 485 g/mol. The highest BCUT2D eigenvalue weighted by Gasteiger charge is 2.22. The molecule has 154 valence electrons. The molecule has 4 rings (SSSR count). The van der Waals surface area contributed by atoms with Crippen LogP contribution in [0, 0.1) is 0 Å². The molecule has 0 spiro atoms. The Morgan fingerprint density at radius 3 is 2.57 bits per heavy atom. The van der Waals surface area contributed by atoms with E-state index >= 15 is 0 Å². The zero-order chi connectivity index (χ0) is 21.3. The van der Waals surface area contributed by atoms with Crippen LogP contribution in [-0.2, 0) is 27.7 Å². The van der Waals surface area contributed by atoms with Crippen molar-refractivity contribution in [3.05, 3.63) is 75.8 Å². The summed E-state index contributed by atoms with van der Waals surface area (Å²) in [6.07, 6.45) is 4.75. The minimum absolute atomic E-state index is 0.372. The summed E-state index contributed by atoms with van der Waals surface area (Å²) in [6.45, 7) is -0.372. The summed E-state index contributed by atoms with van der Waals surface area (Å²) in [6, 6.07) is 17.2. The van der Waals surface area contributed by atoms with Gasteiger partial charge in [0.25, 0.3) is 5.91 Å². The van der Waals surface area contributed by atoms with Crippen molar-refractivity contribution in [1.82, 2.24) is 5.43 Å². The lowest BCUT2D eigenvalue weighted by atomic mass is 10.0. The van der Waals surface area contributed by atoms with Crippen LogP contribution in [-0.4, -0.2) is 33.3 Å². The molecule has 0 aromatic heterocycles. The van der Waals surface area contributed by atoms with Gasteiger partial charge < -0.3 is 0 Å². The van der Waals surface area contributed by atoms with Crippen LogP contribution in [0.2, 0.25) is 0 Å². The second-order valence-corrected chi connectivity index (χ2v) is 9.93. The van der Waals surface area contributed by atoms with Crippen molar-refractivity contribution >= 4 is 54.5 Å². The molecule has 30 heavy (non-hydrogen) atoms. The van der Waals surface area contributed by atoms with Gasteiger partial charge in [-0.1, -0.05) is 42.5 Å². The van der Waals surface area contributed by atoms with Crippen LogP contribution in [0.5, 0.6) is 0 Å². The quantitative estimate of drug-likeness (QED) is 0.427. The number of hydrogen-bond donors (Lipinski definition) is 1. The van der Waals surface area contributed by atoms with Gasteiger partial charge in [-0.2, -0.15) is 5.10 Å². The maximum Gasteiger partial charge on any atom is 0.260 e. The molecular formula is C22H20BrN3O3S. The van der Waals surface area contributed by atoms with Crippen LogP contribution >= 0.6 is 15.9 Å². The lowest BCUT2D eigenvalue weighted by molar-refractivity contribution is -0.119. The van der Waals surface area contributed by atoms with Crippen LogP contribution in [0.3, 0.4) is 0 Å². The van der Waals surface area contributed by atoms with Crippen LogP contribution in [0.4, 0.5) is 5.69 Å². The fraction of sp³-hybridized carbons (Fsp3) is 0.182. The Labute approximate surface area is 183 Å². The van der Waals surface area contributed by atoms with Crippen molar-refractivity contribution in [2.45, 2.75) is 12.8 Å². The van der Waals surface area contributed by atoms with Gasteiger partial charge in [0.2, 0.25) is 10.0 Å². The molecule has 6 nitrogen and oxygen atoms in total. The highest BCUT2D eigenvalue weighted by atomic mass is 79.9. The summed E-state index contributed by atoms with van der Waals surface area (Å²) in [5.41, 5.74) is 6.41. The molecule has 1 aliphatic carbocycles. The van der Waals surface area contributed by atoms with Crippen molar-refractivity contribution < 1.29 is 13.2 Å². The maximum atomic E-state index is 12.4. The SMILES string of the molecule is CS(=O)(=O)N(CC(=O)NN=Cc1ccc2c3c(cccc13)CC2)c1ccccc1Br. The molecule has 0 saturated carbocycles. The number of rotatable bonds is 6. The Morgan fingerprint density at radius 2 is 1.83 bits per heavy atom. The predicted octanol–water partition coefficient (Wildman–Crippen LogP) is 3.62. The van der Waals surface area contributed by atoms with Gasteiger partial charge >= 0.3 is 0 Å². The number of carbonyl (C=O) groups excluding carboxylic acids is 1. The zero-order valence-electron chi connectivity index (χ0n) is 16.3. The first-order chi connectivity index (χ1) is 14.3. The van der Waals surface area contributed by atoms with Gasteiger partial charge in [-0.25, -0.2) is 13.8 Å². The third-order valence-corrected chi connectivity index (χ3v) is 6.91. The van der Waals surface area contributed by atoms with Gasteiger partial charge in [-0.05, 0) is 62.8 Å². The minimum Gasteiger partial charge on any atom is -0.271 e. The number of benzene rings is 3. The number of hydrogen-bond acceptors (Lipinski definition) is 4. The lowest BCUT2D eigenvalue weighted by Crippen LogP contribution is -2.39. The van der Waals surface area contributed by atoms with E-state index in [1.54, 1.807) is 30.5 Å². The van der Waals surface area contributed by atoms with Crippen LogP contribution in [0.25, 0.3) is 10.8 Å². The summed E-state index contributed by atoms with van der Waals surface area (Å²) in [5, 5.41) is 6.44. The van der Waals surface area contributed by atoms with E-state index in [0.29, 0.717) is 10.2 Å². The van der Waals surface area contributed by atoms with Gasteiger partial charge in [0, 0.05) is 10.0 Å². The van der Waals surface area contributed by atoms with Crippen LogP contribution < -0.4 is 9.73 Å². The molecule has 0 bridgehead atoms. The lowest BCUT2D eigenvalue weighted by Gasteiger charge is -2.22. The number of amides is 1. The van der Waals surface area contributed by atoms with Gasteiger partial charge in [0.15, 0.2) is 0 Å². The number of sulfonamides is 1. The normalized spacial score (nSPS) is 13.1. The van der Waals surface area contributed by atoms with E-state index in [-0.39, 0.29) is 6.54 Å². The molecule has 0 heterocycles.